The Morgan fingerprint density at radius 3 is 2.82 bits per heavy atom. The molecule has 0 spiro atoms. The Morgan fingerprint density at radius 1 is 1.18 bits per heavy atom. The molecule has 0 radical (unpaired) electrons. The molecule has 0 atom stereocenters. The highest BCUT2D eigenvalue weighted by molar-refractivity contribution is 9.10. The van der Waals surface area contributed by atoms with E-state index in [-0.39, 0.29) is 5.56 Å². The molecule has 0 saturated carbocycles. The second-order valence-corrected chi connectivity index (χ2v) is 4.59. The Kier molecular flexibility index (Phi) is 3.98. The SMILES string of the molecule is O=c1ccccn1CCNc1cccc(Br)c1. The van der Waals surface area contributed by atoms with Crippen LogP contribution in [-0.2, 0) is 6.54 Å². The van der Waals surface area contributed by atoms with Crippen LogP contribution in [0.4, 0.5) is 5.69 Å². The number of halogens is 1. The highest BCUT2D eigenvalue weighted by Crippen LogP contribution is 2.15. The van der Waals surface area contributed by atoms with E-state index in [2.05, 4.69) is 21.2 Å². The number of anilines is 1. The maximum absolute atomic E-state index is 11.4. The van der Waals surface area contributed by atoms with Crippen molar-refractivity contribution in [3.63, 3.8) is 0 Å². The fourth-order valence-electron chi connectivity index (χ4n) is 1.56. The summed E-state index contributed by atoms with van der Waals surface area (Å²) in [6, 6.07) is 13.1. The Hall–Kier alpha value is -1.55. The van der Waals surface area contributed by atoms with Gasteiger partial charge in [-0.25, -0.2) is 0 Å². The van der Waals surface area contributed by atoms with E-state index < -0.39 is 0 Å². The molecule has 2 aromatic rings. The summed E-state index contributed by atoms with van der Waals surface area (Å²) in [5, 5.41) is 3.27. The first-order valence-electron chi connectivity index (χ1n) is 5.40. The molecule has 1 aromatic heterocycles. The van der Waals surface area contributed by atoms with E-state index in [0.717, 1.165) is 16.7 Å². The number of pyridine rings is 1. The third-order valence-electron chi connectivity index (χ3n) is 2.41. The number of nitrogens with zero attached hydrogens (tertiary/aromatic N) is 1. The highest BCUT2D eigenvalue weighted by Gasteiger charge is 1.95. The van der Waals surface area contributed by atoms with Gasteiger partial charge in [-0.3, -0.25) is 4.79 Å². The summed E-state index contributed by atoms with van der Waals surface area (Å²) in [7, 11) is 0. The van der Waals surface area contributed by atoms with E-state index >= 15 is 0 Å². The topological polar surface area (TPSA) is 34.0 Å². The largest absolute Gasteiger partial charge is 0.383 e. The number of hydrogen-bond acceptors (Lipinski definition) is 2. The molecule has 1 aromatic carbocycles. The summed E-state index contributed by atoms with van der Waals surface area (Å²) >= 11 is 3.42. The Labute approximate surface area is 108 Å². The van der Waals surface area contributed by atoms with Crippen molar-refractivity contribution in [2.45, 2.75) is 6.54 Å². The molecule has 2 rings (SSSR count). The summed E-state index contributed by atoms with van der Waals surface area (Å²) in [6.45, 7) is 1.38. The molecule has 0 amide bonds. The fraction of sp³-hybridized carbons (Fsp3) is 0.154. The number of aromatic nitrogens is 1. The Morgan fingerprint density at radius 2 is 2.06 bits per heavy atom. The van der Waals surface area contributed by atoms with Crippen LogP contribution in [0.2, 0.25) is 0 Å². The van der Waals surface area contributed by atoms with Crippen LogP contribution in [0.3, 0.4) is 0 Å². The second kappa shape index (κ2) is 5.68. The average molecular weight is 293 g/mol. The number of nitrogens with one attached hydrogen (secondary N) is 1. The van der Waals surface area contributed by atoms with Gasteiger partial charge in [0.25, 0.3) is 5.56 Å². The minimum atomic E-state index is 0.0311. The van der Waals surface area contributed by atoms with Gasteiger partial charge in [-0.15, -0.1) is 0 Å². The van der Waals surface area contributed by atoms with Crippen molar-refractivity contribution in [1.29, 1.82) is 0 Å². The summed E-state index contributed by atoms with van der Waals surface area (Å²) in [5.74, 6) is 0. The summed E-state index contributed by atoms with van der Waals surface area (Å²) in [6.07, 6.45) is 1.80. The predicted octanol–water partition coefficient (Wildman–Crippen LogP) is 2.72. The molecule has 1 heterocycles. The highest BCUT2D eigenvalue weighted by atomic mass is 79.9. The lowest BCUT2D eigenvalue weighted by atomic mass is 10.3. The molecule has 0 aliphatic heterocycles. The van der Waals surface area contributed by atoms with Crippen LogP contribution in [0.25, 0.3) is 0 Å². The molecular weight excluding hydrogens is 280 g/mol. The zero-order chi connectivity index (χ0) is 12.1. The van der Waals surface area contributed by atoms with Crippen LogP contribution in [0.1, 0.15) is 0 Å². The summed E-state index contributed by atoms with van der Waals surface area (Å²) in [5.41, 5.74) is 1.08. The van der Waals surface area contributed by atoms with Crippen molar-refractivity contribution in [3.8, 4) is 0 Å². The molecular formula is C13H13BrN2O. The Balaban J connectivity index is 1.92. The van der Waals surface area contributed by atoms with Crippen molar-refractivity contribution in [2.24, 2.45) is 0 Å². The average Bonchev–Trinajstić information content (AvgIpc) is 2.32. The molecule has 1 N–H and O–H groups in total. The van der Waals surface area contributed by atoms with Crippen molar-refractivity contribution in [1.82, 2.24) is 4.57 Å². The zero-order valence-electron chi connectivity index (χ0n) is 9.27. The van der Waals surface area contributed by atoms with Gasteiger partial charge in [0, 0.05) is 35.5 Å². The molecule has 0 aliphatic carbocycles. The lowest BCUT2D eigenvalue weighted by molar-refractivity contribution is 0.697. The normalized spacial score (nSPS) is 10.2. The van der Waals surface area contributed by atoms with Crippen molar-refractivity contribution >= 4 is 21.6 Å². The number of hydrogen-bond donors (Lipinski definition) is 1. The molecule has 0 saturated heterocycles. The van der Waals surface area contributed by atoms with Gasteiger partial charge in [0.2, 0.25) is 0 Å². The molecule has 0 bridgehead atoms. The van der Waals surface area contributed by atoms with Crippen LogP contribution in [0, 0.1) is 0 Å². The predicted molar refractivity (Wildman–Crippen MR) is 73.3 cm³/mol. The molecule has 88 valence electrons. The van der Waals surface area contributed by atoms with E-state index in [1.54, 1.807) is 22.9 Å². The number of rotatable bonds is 4. The number of benzene rings is 1. The van der Waals surface area contributed by atoms with E-state index in [4.69, 9.17) is 0 Å². The van der Waals surface area contributed by atoms with Crippen LogP contribution in [0.5, 0.6) is 0 Å². The minimum absolute atomic E-state index is 0.0311. The van der Waals surface area contributed by atoms with Gasteiger partial charge in [0.05, 0.1) is 0 Å². The van der Waals surface area contributed by atoms with Gasteiger partial charge < -0.3 is 9.88 Å². The fourth-order valence-corrected chi connectivity index (χ4v) is 1.96. The first-order valence-corrected chi connectivity index (χ1v) is 6.20. The quantitative estimate of drug-likeness (QED) is 0.940. The molecule has 0 fully saturated rings. The van der Waals surface area contributed by atoms with Crippen LogP contribution >= 0.6 is 15.9 Å². The first kappa shape index (κ1) is 11.9. The van der Waals surface area contributed by atoms with Gasteiger partial charge >= 0.3 is 0 Å². The van der Waals surface area contributed by atoms with Gasteiger partial charge in [-0.1, -0.05) is 28.1 Å². The lowest BCUT2D eigenvalue weighted by Gasteiger charge is -2.08. The van der Waals surface area contributed by atoms with Gasteiger partial charge in [0.15, 0.2) is 0 Å². The van der Waals surface area contributed by atoms with E-state index in [0.29, 0.717) is 6.54 Å². The standard InChI is InChI=1S/C13H13BrN2O/c14-11-4-3-5-12(10-11)15-7-9-16-8-2-1-6-13(16)17/h1-6,8,10,15H,7,9H2. The molecule has 0 unspecified atom stereocenters. The van der Waals surface area contributed by atoms with Crippen LogP contribution in [0.15, 0.2) is 57.9 Å². The third-order valence-corrected chi connectivity index (χ3v) is 2.90. The molecule has 3 nitrogen and oxygen atoms in total. The zero-order valence-corrected chi connectivity index (χ0v) is 10.9. The van der Waals surface area contributed by atoms with Crippen LogP contribution < -0.4 is 10.9 Å². The lowest BCUT2D eigenvalue weighted by Crippen LogP contribution is -2.21. The molecule has 0 aliphatic rings. The smallest absolute Gasteiger partial charge is 0.250 e. The van der Waals surface area contributed by atoms with Crippen LogP contribution in [-0.4, -0.2) is 11.1 Å². The molecule has 17 heavy (non-hydrogen) atoms. The van der Waals surface area contributed by atoms with Crippen molar-refractivity contribution < 1.29 is 0 Å². The third kappa shape index (κ3) is 3.46. The van der Waals surface area contributed by atoms with Gasteiger partial charge in [0.1, 0.15) is 0 Å². The van der Waals surface area contributed by atoms with Gasteiger partial charge in [-0.05, 0) is 24.3 Å². The first-order chi connectivity index (χ1) is 8.25. The van der Waals surface area contributed by atoms with E-state index in [9.17, 15) is 4.79 Å². The van der Waals surface area contributed by atoms with E-state index in [1.807, 2.05) is 30.3 Å². The van der Waals surface area contributed by atoms with Gasteiger partial charge in [-0.2, -0.15) is 0 Å². The minimum Gasteiger partial charge on any atom is -0.383 e. The maximum atomic E-state index is 11.4. The van der Waals surface area contributed by atoms with Crippen molar-refractivity contribution in [3.05, 3.63) is 63.5 Å². The Bertz CT molecular complexity index is 551. The summed E-state index contributed by atoms with van der Waals surface area (Å²) in [4.78, 5) is 11.4. The van der Waals surface area contributed by atoms with Crippen molar-refractivity contribution in [2.75, 3.05) is 11.9 Å². The second-order valence-electron chi connectivity index (χ2n) is 3.67. The molecule has 4 heteroatoms. The van der Waals surface area contributed by atoms with E-state index in [1.165, 1.54) is 0 Å². The monoisotopic (exact) mass is 292 g/mol. The maximum Gasteiger partial charge on any atom is 0.250 e. The summed E-state index contributed by atoms with van der Waals surface area (Å²) < 4.78 is 2.73.